The number of nitrogens with one attached hydrogen (secondary N) is 1. The molecule has 0 aliphatic carbocycles. The molecular weight excluding hydrogens is 461 g/mol. The summed E-state index contributed by atoms with van der Waals surface area (Å²) in [7, 11) is 0. The van der Waals surface area contributed by atoms with Crippen LogP contribution < -0.4 is 11.1 Å². The number of amidine groups is 1. The lowest BCUT2D eigenvalue weighted by molar-refractivity contribution is -0.218. The second-order valence-corrected chi connectivity index (χ2v) is 8.46. The van der Waals surface area contributed by atoms with E-state index >= 15 is 4.39 Å². The van der Waals surface area contributed by atoms with Crippen LogP contribution in [0.15, 0.2) is 41.5 Å². The van der Waals surface area contributed by atoms with E-state index in [0.717, 1.165) is 30.5 Å². The minimum Gasteiger partial charge on any atom is -0.386 e. The van der Waals surface area contributed by atoms with Crippen molar-refractivity contribution >= 4 is 17.4 Å². The molecule has 1 saturated heterocycles. The fourth-order valence-electron chi connectivity index (χ4n) is 4.37. The smallest absolute Gasteiger partial charge is 0.386 e. The first-order chi connectivity index (χ1) is 15.9. The van der Waals surface area contributed by atoms with E-state index in [2.05, 4.69) is 15.3 Å². The van der Waals surface area contributed by atoms with E-state index in [1.54, 1.807) is 0 Å². The third-order valence-electron chi connectivity index (χ3n) is 6.20. The number of carbonyl (C=O) groups is 1. The van der Waals surface area contributed by atoms with Crippen molar-refractivity contribution in [2.24, 2.45) is 22.1 Å². The van der Waals surface area contributed by atoms with E-state index in [1.165, 1.54) is 13.0 Å². The quantitative estimate of drug-likeness (QED) is 0.653. The summed E-state index contributed by atoms with van der Waals surface area (Å²) in [5.74, 6) is -3.95. The number of hydrogen-bond acceptors (Lipinski definition) is 6. The number of nitrogens with zero attached hydrogens (tertiary/aromatic N) is 3. The van der Waals surface area contributed by atoms with Crippen LogP contribution in [-0.4, -0.2) is 35.6 Å². The van der Waals surface area contributed by atoms with Gasteiger partial charge in [-0.15, -0.1) is 0 Å². The Hall–Kier alpha value is -3.59. The molecule has 4 rings (SSSR count). The van der Waals surface area contributed by atoms with Crippen LogP contribution in [0.1, 0.15) is 29.4 Å². The van der Waals surface area contributed by atoms with Crippen molar-refractivity contribution < 1.29 is 31.5 Å². The summed E-state index contributed by atoms with van der Waals surface area (Å²) in [4.78, 5) is 20.3. The molecule has 0 spiro atoms. The fraction of sp³-hybridized carbons (Fsp3) is 0.364. The van der Waals surface area contributed by atoms with Gasteiger partial charge in [0, 0.05) is 17.2 Å². The van der Waals surface area contributed by atoms with Crippen LogP contribution in [0.25, 0.3) is 0 Å². The second-order valence-electron chi connectivity index (χ2n) is 8.46. The molecule has 3 heterocycles. The number of aromatic nitrogens is 1. The molecule has 0 bridgehead atoms. The number of aliphatic imine (C=N–C) groups is 1. The molecule has 12 heteroatoms. The standard InChI is InChI=1S/C22H18F5N5O2/c1-20(9-28)7-14-17(22(25,26)27)34-10-21(14,32-19(20)29)13-6-12(3-4-15(13)24)31-18(33)16-5-2-11(23)8-30-16/h2-6,8,14,17H,7,10H2,1H3,(H2,29,32)(H,31,33)/t14-,17+,20+,21-/m1/s1. The second kappa shape index (κ2) is 8.02. The van der Waals surface area contributed by atoms with Gasteiger partial charge in [-0.3, -0.25) is 9.79 Å². The summed E-state index contributed by atoms with van der Waals surface area (Å²) in [6.45, 7) is 0.738. The van der Waals surface area contributed by atoms with Gasteiger partial charge >= 0.3 is 6.18 Å². The molecular formula is C22H18F5N5O2. The predicted octanol–water partition coefficient (Wildman–Crippen LogP) is 3.68. The van der Waals surface area contributed by atoms with Gasteiger partial charge in [0.15, 0.2) is 6.10 Å². The number of alkyl halides is 3. The summed E-state index contributed by atoms with van der Waals surface area (Å²) < 4.78 is 74.5. The fourth-order valence-corrected chi connectivity index (χ4v) is 4.37. The maximum Gasteiger partial charge on any atom is 0.415 e. The Morgan fingerprint density at radius 3 is 2.65 bits per heavy atom. The van der Waals surface area contributed by atoms with Crippen molar-refractivity contribution in [2.75, 3.05) is 11.9 Å². The number of nitrogens with two attached hydrogens (primary N) is 1. The summed E-state index contributed by atoms with van der Waals surface area (Å²) in [5.41, 5.74) is 2.26. The van der Waals surface area contributed by atoms with Crippen LogP contribution in [0, 0.1) is 34.3 Å². The third kappa shape index (κ3) is 3.86. The van der Waals surface area contributed by atoms with E-state index in [4.69, 9.17) is 10.5 Å². The van der Waals surface area contributed by atoms with Gasteiger partial charge in [0.25, 0.3) is 5.91 Å². The Morgan fingerprint density at radius 2 is 2.03 bits per heavy atom. The first-order valence-electron chi connectivity index (χ1n) is 10.1. The molecule has 7 nitrogen and oxygen atoms in total. The lowest BCUT2D eigenvalue weighted by Gasteiger charge is -2.42. The normalized spacial score (nSPS) is 28.6. The highest BCUT2D eigenvalue weighted by Crippen LogP contribution is 2.55. The molecule has 1 aromatic carbocycles. The highest BCUT2D eigenvalue weighted by Gasteiger charge is 2.64. The average Bonchev–Trinajstić information content (AvgIpc) is 3.14. The van der Waals surface area contributed by atoms with E-state index < -0.39 is 53.3 Å². The molecule has 0 saturated carbocycles. The Bertz CT molecular complexity index is 1210. The number of anilines is 1. The Kier molecular flexibility index (Phi) is 5.56. The van der Waals surface area contributed by atoms with Gasteiger partial charge in [0.05, 0.1) is 18.9 Å². The maximum absolute atomic E-state index is 15.0. The number of benzene rings is 1. The Balaban J connectivity index is 1.78. The lowest BCUT2D eigenvalue weighted by atomic mass is 9.66. The van der Waals surface area contributed by atoms with Crippen molar-refractivity contribution in [1.82, 2.24) is 4.98 Å². The summed E-state index contributed by atoms with van der Waals surface area (Å²) in [6.07, 6.45) is -6.61. The average molecular weight is 479 g/mol. The lowest BCUT2D eigenvalue weighted by Crippen LogP contribution is -2.51. The largest absolute Gasteiger partial charge is 0.415 e. The zero-order valence-corrected chi connectivity index (χ0v) is 17.7. The topological polar surface area (TPSA) is 113 Å². The highest BCUT2D eigenvalue weighted by molar-refractivity contribution is 6.02. The Labute approximate surface area is 190 Å². The SMILES string of the molecule is C[C@@]1(C#N)C[C@@H]2[C@@H](C(F)(F)F)OC[C@]2(c2cc(NC(=O)c3ccc(F)cn3)ccc2F)N=C1N. The maximum atomic E-state index is 15.0. The number of rotatable bonds is 3. The zero-order valence-electron chi connectivity index (χ0n) is 17.7. The van der Waals surface area contributed by atoms with Crippen LogP contribution in [0.5, 0.6) is 0 Å². The number of carbonyl (C=O) groups excluding carboxylic acids is 1. The van der Waals surface area contributed by atoms with E-state index in [0.29, 0.717) is 0 Å². The summed E-state index contributed by atoms with van der Waals surface area (Å²) in [6, 6.07) is 7.39. The number of pyridine rings is 1. The van der Waals surface area contributed by atoms with Crippen LogP contribution in [-0.2, 0) is 10.3 Å². The minimum atomic E-state index is -4.79. The number of amides is 1. The van der Waals surface area contributed by atoms with Crippen molar-refractivity contribution in [3.63, 3.8) is 0 Å². The van der Waals surface area contributed by atoms with Gasteiger partial charge in [-0.05, 0) is 43.7 Å². The van der Waals surface area contributed by atoms with E-state index in [9.17, 15) is 27.6 Å². The third-order valence-corrected chi connectivity index (χ3v) is 6.20. The van der Waals surface area contributed by atoms with Crippen molar-refractivity contribution in [2.45, 2.75) is 31.2 Å². The number of nitriles is 1. The monoisotopic (exact) mass is 479 g/mol. The number of hydrogen-bond donors (Lipinski definition) is 2. The van der Waals surface area contributed by atoms with E-state index in [1.807, 2.05) is 6.07 Å². The molecule has 3 N–H and O–H groups in total. The molecule has 0 unspecified atom stereocenters. The van der Waals surface area contributed by atoms with Crippen LogP contribution in [0.3, 0.4) is 0 Å². The van der Waals surface area contributed by atoms with E-state index in [-0.39, 0.29) is 29.2 Å². The first kappa shape index (κ1) is 23.6. The summed E-state index contributed by atoms with van der Waals surface area (Å²) >= 11 is 0. The van der Waals surface area contributed by atoms with Crippen molar-refractivity contribution in [3.8, 4) is 6.07 Å². The van der Waals surface area contributed by atoms with Crippen LogP contribution in [0.4, 0.5) is 27.6 Å². The molecule has 178 valence electrons. The van der Waals surface area contributed by atoms with Gasteiger partial charge in [-0.1, -0.05) is 0 Å². The summed E-state index contributed by atoms with van der Waals surface area (Å²) in [5, 5.41) is 12.0. The molecule has 4 atom stereocenters. The van der Waals surface area contributed by atoms with Gasteiger partial charge in [-0.2, -0.15) is 18.4 Å². The predicted molar refractivity (Wildman–Crippen MR) is 109 cm³/mol. The Morgan fingerprint density at radius 1 is 1.29 bits per heavy atom. The van der Waals surface area contributed by atoms with Crippen molar-refractivity contribution in [1.29, 1.82) is 5.26 Å². The molecule has 2 aliphatic rings. The first-order valence-corrected chi connectivity index (χ1v) is 10.1. The van der Waals surface area contributed by atoms with Crippen molar-refractivity contribution in [3.05, 3.63) is 59.4 Å². The number of halogens is 5. The van der Waals surface area contributed by atoms with Crippen LogP contribution >= 0.6 is 0 Å². The molecule has 2 aromatic rings. The molecule has 0 radical (unpaired) electrons. The molecule has 34 heavy (non-hydrogen) atoms. The number of fused-ring (bicyclic) bond motifs is 1. The molecule has 1 aromatic heterocycles. The molecule has 1 amide bonds. The number of ether oxygens (including phenoxy) is 1. The molecule has 2 aliphatic heterocycles. The highest BCUT2D eigenvalue weighted by atomic mass is 19.4. The van der Waals surface area contributed by atoms with Gasteiger partial charge in [-0.25, -0.2) is 13.8 Å². The van der Waals surface area contributed by atoms with Crippen LogP contribution in [0.2, 0.25) is 0 Å². The molecule has 1 fully saturated rings. The van der Waals surface area contributed by atoms with Gasteiger partial charge in [0.1, 0.15) is 34.1 Å². The minimum absolute atomic E-state index is 0.0403. The van der Waals surface area contributed by atoms with Gasteiger partial charge in [0.2, 0.25) is 0 Å². The van der Waals surface area contributed by atoms with Gasteiger partial charge < -0.3 is 15.8 Å². The zero-order chi connectivity index (χ0) is 24.9.